The third-order valence-corrected chi connectivity index (χ3v) is 7.60. The van der Waals surface area contributed by atoms with Crippen molar-refractivity contribution in [1.29, 1.82) is 0 Å². The lowest BCUT2D eigenvalue weighted by Gasteiger charge is -2.38. The van der Waals surface area contributed by atoms with Gasteiger partial charge in [0.15, 0.2) is 5.82 Å². The van der Waals surface area contributed by atoms with E-state index < -0.39 is 0 Å². The van der Waals surface area contributed by atoms with Gasteiger partial charge in [0.25, 0.3) is 5.56 Å². The van der Waals surface area contributed by atoms with E-state index in [0.29, 0.717) is 23.7 Å². The summed E-state index contributed by atoms with van der Waals surface area (Å²) in [6.07, 6.45) is 2.12. The van der Waals surface area contributed by atoms with Crippen LogP contribution in [0.4, 0.5) is 0 Å². The first-order chi connectivity index (χ1) is 18.7. The van der Waals surface area contributed by atoms with Crippen molar-refractivity contribution in [3.8, 4) is 5.75 Å². The lowest BCUT2D eigenvalue weighted by molar-refractivity contribution is 0.0840. The molecule has 1 N–H and O–H groups in total. The summed E-state index contributed by atoms with van der Waals surface area (Å²) in [6, 6.07) is 17.9. The summed E-state index contributed by atoms with van der Waals surface area (Å²) in [7, 11) is 1.62. The minimum atomic E-state index is -0.375. The molecule has 2 fully saturated rings. The molecule has 0 bridgehead atoms. The third kappa shape index (κ3) is 5.20. The fourth-order valence-electron chi connectivity index (χ4n) is 5.57. The molecular weight excluding hydrogens is 482 g/mol. The maximum Gasteiger partial charge on any atom is 0.253 e. The Bertz CT molecular complexity index is 1420. The molecule has 0 saturated carbocycles. The van der Waals surface area contributed by atoms with E-state index in [1.807, 2.05) is 35.0 Å². The molecule has 0 radical (unpaired) electrons. The van der Waals surface area contributed by atoms with E-state index in [-0.39, 0.29) is 17.7 Å². The molecule has 38 heavy (non-hydrogen) atoms. The van der Waals surface area contributed by atoms with Gasteiger partial charge in [-0.3, -0.25) is 14.6 Å². The minimum Gasteiger partial charge on any atom is -0.497 e. The predicted octanol–water partition coefficient (Wildman–Crippen LogP) is 2.61. The van der Waals surface area contributed by atoms with E-state index in [2.05, 4.69) is 54.6 Å². The second-order valence-electron chi connectivity index (χ2n) is 10.1. The number of hydrogen-bond acceptors (Lipinski definition) is 8. The first-order valence-electron chi connectivity index (χ1n) is 13.3. The monoisotopic (exact) mass is 515 g/mol. The van der Waals surface area contributed by atoms with Crippen LogP contribution in [-0.4, -0.2) is 81.0 Å². The lowest BCUT2D eigenvalue weighted by Crippen LogP contribution is -2.48. The van der Waals surface area contributed by atoms with Gasteiger partial charge in [-0.2, -0.15) is 0 Å². The zero-order valence-corrected chi connectivity index (χ0v) is 21.6. The average molecular weight is 516 g/mol. The molecule has 10 heteroatoms. The summed E-state index contributed by atoms with van der Waals surface area (Å²) in [5.41, 5.74) is 2.54. The fraction of sp³-hybridized carbons (Fsp3) is 0.429. The number of aromatic amines is 1. The van der Waals surface area contributed by atoms with Gasteiger partial charge >= 0.3 is 0 Å². The molecule has 2 aromatic carbocycles. The van der Waals surface area contributed by atoms with Gasteiger partial charge in [-0.15, -0.1) is 5.10 Å². The van der Waals surface area contributed by atoms with Crippen LogP contribution in [0.3, 0.4) is 0 Å². The number of hydrogen-bond donors (Lipinski definition) is 1. The molecule has 2 saturated heterocycles. The highest BCUT2D eigenvalue weighted by atomic mass is 16.5. The Kier molecular flexibility index (Phi) is 7.17. The molecule has 2 aliphatic rings. The number of nitrogens with one attached hydrogen (secondary N) is 1. The van der Waals surface area contributed by atoms with Crippen molar-refractivity contribution >= 4 is 10.9 Å². The number of piperazine rings is 1. The van der Waals surface area contributed by atoms with Crippen molar-refractivity contribution in [3.05, 3.63) is 81.9 Å². The van der Waals surface area contributed by atoms with Crippen LogP contribution in [0.2, 0.25) is 0 Å². The summed E-state index contributed by atoms with van der Waals surface area (Å²) in [5, 5.41) is 13.7. The standard InChI is InChI=1S/C28H33N7O3/c1-37-22-10-9-21-16-24(28(36)29-25(21)17-22)26(27-30-31-32-35(27)19-23-8-5-15-38-23)34-13-11-33(12-14-34)18-20-6-3-2-4-7-20/h2-4,6-7,9-10,16-17,23,26H,5,8,11-15,18-19H2,1H3,(H,29,36)/t23-,26-/m0/s1. The molecule has 2 aromatic heterocycles. The van der Waals surface area contributed by atoms with Gasteiger partial charge in [-0.25, -0.2) is 4.68 Å². The van der Waals surface area contributed by atoms with Crippen molar-refractivity contribution in [2.45, 2.75) is 38.1 Å². The van der Waals surface area contributed by atoms with Crippen LogP contribution in [0, 0.1) is 0 Å². The van der Waals surface area contributed by atoms with Crippen LogP contribution >= 0.6 is 0 Å². The Labute approximate surface area is 221 Å². The zero-order valence-electron chi connectivity index (χ0n) is 21.6. The van der Waals surface area contributed by atoms with Crippen LogP contribution in [0.1, 0.15) is 35.8 Å². The summed E-state index contributed by atoms with van der Waals surface area (Å²) in [6.45, 7) is 5.63. The van der Waals surface area contributed by atoms with E-state index in [0.717, 1.165) is 63.1 Å². The minimum absolute atomic E-state index is 0.0861. The highest BCUT2D eigenvalue weighted by Gasteiger charge is 2.33. The fourth-order valence-corrected chi connectivity index (χ4v) is 5.57. The van der Waals surface area contributed by atoms with Gasteiger partial charge in [0.1, 0.15) is 11.8 Å². The molecular formula is C28H33N7O3. The van der Waals surface area contributed by atoms with Gasteiger partial charge in [0.2, 0.25) is 0 Å². The normalized spacial score (nSPS) is 19.7. The largest absolute Gasteiger partial charge is 0.497 e. The summed E-state index contributed by atoms with van der Waals surface area (Å²) < 4.78 is 13.0. The van der Waals surface area contributed by atoms with Crippen LogP contribution in [0.25, 0.3) is 10.9 Å². The topological polar surface area (TPSA) is 101 Å². The summed E-state index contributed by atoms with van der Waals surface area (Å²) >= 11 is 0. The predicted molar refractivity (Wildman–Crippen MR) is 143 cm³/mol. The van der Waals surface area contributed by atoms with Crippen LogP contribution in [-0.2, 0) is 17.8 Å². The van der Waals surface area contributed by atoms with E-state index >= 15 is 0 Å². The number of ether oxygens (including phenoxy) is 2. The molecule has 0 spiro atoms. The van der Waals surface area contributed by atoms with Gasteiger partial charge in [-0.05, 0) is 52.4 Å². The molecule has 0 unspecified atom stereocenters. The highest BCUT2D eigenvalue weighted by Crippen LogP contribution is 2.29. The number of benzene rings is 2. The summed E-state index contributed by atoms with van der Waals surface area (Å²) in [5.74, 6) is 1.38. The van der Waals surface area contributed by atoms with Gasteiger partial charge in [0.05, 0.1) is 25.3 Å². The van der Waals surface area contributed by atoms with E-state index in [4.69, 9.17) is 9.47 Å². The second kappa shape index (κ2) is 11.0. The quantitative estimate of drug-likeness (QED) is 0.382. The van der Waals surface area contributed by atoms with Crippen molar-refractivity contribution in [3.63, 3.8) is 0 Å². The first-order valence-corrected chi connectivity index (χ1v) is 13.3. The highest BCUT2D eigenvalue weighted by molar-refractivity contribution is 5.80. The number of methoxy groups -OCH3 is 1. The average Bonchev–Trinajstić information content (AvgIpc) is 3.63. The Morgan fingerprint density at radius 1 is 1.11 bits per heavy atom. The molecule has 4 aromatic rings. The SMILES string of the molecule is COc1ccc2cc([C@@H](c3nnnn3C[C@@H]3CCCO3)N3CCN(Cc4ccccc4)CC3)c(=O)[nH]c2c1. The number of H-pyrrole nitrogens is 1. The van der Waals surface area contributed by atoms with Crippen molar-refractivity contribution in [1.82, 2.24) is 35.0 Å². The van der Waals surface area contributed by atoms with Crippen LogP contribution in [0.5, 0.6) is 5.75 Å². The zero-order chi connectivity index (χ0) is 25.9. The van der Waals surface area contributed by atoms with Crippen LogP contribution in [0.15, 0.2) is 59.4 Å². The van der Waals surface area contributed by atoms with E-state index in [9.17, 15) is 4.79 Å². The van der Waals surface area contributed by atoms with Gasteiger partial charge in [0, 0.05) is 51.0 Å². The number of nitrogens with zero attached hydrogens (tertiary/aromatic N) is 6. The molecule has 0 aliphatic carbocycles. The van der Waals surface area contributed by atoms with Crippen molar-refractivity contribution in [2.75, 3.05) is 39.9 Å². The smallest absolute Gasteiger partial charge is 0.253 e. The van der Waals surface area contributed by atoms with E-state index in [1.54, 1.807) is 7.11 Å². The van der Waals surface area contributed by atoms with Gasteiger partial charge < -0.3 is 14.5 Å². The molecule has 10 nitrogen and oxygen atoms in total. The number of rotatable bonds is 8. The summed E-state index contributed by atoms with van der Waals surface area (Å²) in [4.78, 5) is 21.4. The molecule has 198 valence electrons. The Balaban J connectivity index is 1.32. The number of fused-ring (bicyclic) bond motifs is 1. The van der Waals surface area contributed by atoms with E-state index in [1.165, 1.54) is 5.56 Å². The Morgan fingerprint density at radius 2 is 1.95 bits per heavy atom. The Hall–Kier alpha value is -3.60. The molecule has 2 atom stereocenters. The van der Waals surface area contributed by atoms with Crippen molar-refractivity contribution < 1.29 is 9.47 Å². The molecule has 6 rings (SSSR count). The maximum atomic E-state index is 13.5. The molecule has 0 amide bonds. The Morgan fingerprint density at radius 3 is 2.71 bits per heavy atom. The third-order valence-electron chi connectivity index (χ3n) is 7.60. The first kappa shape index (κ1) is 24.7. The number of pyridine rings is 1. The van der Waals surface area contributed by atoms with Crippen LogP contribution < -0.4 is 10.3 Å². The molecule has 2 aliphatic heterocycles. The lowest BCUT2D eigenvalue weighted by atomic mass is 10.0. The molecule has 4 heterocycles. The second-order valence-corrected chi connectivity index (χ2v) is 10.1. The van der Waals surface area contributed by atoms with Gasteiger partial charge in [-0.1, -0.05) is 30.3 Å². The number of aromatic nitrogens is 5. The maximum absolute atomic E-state index is 13.5. The number of tetrazole rings is 1. The van der Waals surface area contributed by atoms with Crippen molar-refractivity contribution in [2.24, 2.45) is 0 Å².